The van der Waals surface area contributed by atoms with Gasteiger partial charge in [0.25, 0.3) is 0 Å². The second kappa shape index (κ2) is 6.89. The van der Waals surface area contributed by atoms with Crippen LogP contribution in [0.3, 0.4) is 0 Å². The van der Waals surface area contributed by atoms with Crippen molar-refractivity contribution in [1.82, 2.24) is 20.2 Å². The van der Waals surface area contributed by atoms with Gasteiger partial charge >= 0.3 is 6.18 Å². The molecule has 1 fully saturated rings. The van der Waals surface area contributed by atoms with Gasteiger partial charge in [0.1, 0.15) is 5.82 Å². The van der Waals surface area contributed by atoms with Gasteiger partial charge < -0.3 is 19.9 Å². The molecular weight excluding hydrogens is 340 g/mol. The van der Waals surface area contributed by atoms with Crippen LogP contribution in [0.25, 0.3) is 11.0 Å². The van der Waals surface area contributed by atoms with Crippen LogP contribution in [-0.2, 0) is 24.5 Å². The summed E-state index contributed by atoms with van der Waals surface area (Å²) in [7, 11) is 1.72. The average molecular weight is 360 g/mol. The van der Waals surface area contributed by atoms with Gasteiger partial charge in [-0.05, 0) is 18.2 Å². The Morgan fingerprint density at radius 1 is 1.40 bits per heavy atom. The number of rotatable bonds is 4. The fourth-order valence-electron chi connectivity index (χ4n) is 2.86. The third-order valence-corrected chi connectivity index (χ3v) is 4.25. The molecule has 0 bridgehead atoms. The minimum Gasteiger partial charge on any atom is -0.377 e. The first-order valence-corrected chi connectivity index (χ1v) is 7.99. The van der Waals surface area contributed by atoms with E-state index in [0.717, 1.165) is 12.1 Å². The Balaban J connectivity index is 1.70. The molecule has 2 aromatic rings. The number of hydrogen-bond donors (Lipinski definition) is 2. The van der Waals surface area contributed by atoms with Gasteiger partial charge in [0.05, 0.1) is 36.4 Å². The summed E-state index contributed by atoms with van der Waals surface area (Å²) in [5, 5.41) is 5.96. The summed E-state index contributed by atoms with van der Waals surface area (Å²) in [4.78, 5) is 4.24. The predicted molar refractivity (Wildman–Crippen MR) is 85.0 cm³/mol. The largest absolute Gasteiger partial charge is 0.416 e. The van der Waals surface area contributed by atoms with Crippen LogP contribution >= 0.6 is 0 Å². The zero-order valence-corrected chi connectivity index (χ0v) is 13.8. The van der Waals surface area contributed by atoms with Crippen LogP contribution in [-0.4, -0.2) is 48.1 Å². The predicted octanol–water partition coefficient (Wildman–Crippen LogP) is 2.01. The lowest BCUT2D eigenvalue weighted by molar-refractivity contribution is -0.137. The second-order valence-electron chi connectivity index (χ2n) is 6.27. The molecule has 25 heavy (non-hydrogen) atoms. The Morgan fingerprint density at radius 2 is 2.20 bits per heavy atom. The molecular formula is C16H20F4N4O. The van der Waals surface area contributed by atoms with Gasteiger partial charge in [-0.25, -0.2) is 9.37 Å². The van der Waals surface area contributed by atoms with Crippen LogP contribution in [0.4, 0.5) is 17.6 Å². The first kappa shape index (κ1) is 18.1. The van der Waals surface area contributed by atoms with Crippen molar-refractivity contribution < 1.29 is 22.3 Å². The molecule has 1 aromatic heterocycles. The highest BCUT2D eigenvalue weighted by atomic mass is 19.4. The molecule has 0 amide bonds. The zero-order valence-electron chi connectivity index (χ0n) is 13.8. The minimum atomic E-state index is -4.41. The number of nitrogens with zero attached hydrogens (tertiary/aromatic N) is 2. The van der Waals surface area contributed by atoms with E-state index < -0.39 is 17.4 Å². The number of aryl methyl sites for hydroxylation is 1. The second-order valence-corrected chi connectivity index (χ2v) is 6.27. The number of nitrogens with one attached hydrogen (secondary N) is 2. The van der Waals surface area contributed by atoms with Gasteiger partial charge in [0.15, 0.2) is 5.67 Å². The topological polar surface area (TPSA) is 51.1 Å². The maximum absolute atomic E-state index is 14.6. The highest BCUT2D eigenvalue weighted by Crippen LogP contribution is 2.31. The highest BCUT2D eigenvalue weighted by Gasteiger charge is 2.32. The summed E-state index contributed by atoms with van der Waals surface area (Å²) in [5.74, 6) is 0.542. The Hall–Kier alpha value is -1.71. The van der Waals surface area contributed by atoms with Crippen LogP contribution in [0, 0.1) is 0 Å². The molecule has 0 radical (unpaired) electrons. The summed E-state index contributed by atoms with van der Waals surface area (Å²) in [5.41, 5.74) is -1.39. The van der Waals surface area contributed by atoms with Crippen molar-refractivity contribution in [2.24, 2.45) is 7.05 Å². The quantitative estimate of drug-likeness (QED) is 0.819. The number of imidazole rings is 1. The smallest absolute Gasteiger partial charge is 0.377 e. The highest BCUT2D eigenvalue weighted by molar-refractivity contribution is 5.77. The molecule has 9 heteroatoms. The van der Waals surface area contributed by atoms with E-state index in [0.29, 0.717) is 24.5 Å². The first-order chi connectivity index (χ1) is 11.8. The molecule has 2 heterocycles. The molecule has 138 valence electrons. The van der Waals surface area contributed by atoms with Crippen molar-refractivity contribution >= 4 is 11.0 Å². The summed E-state index contributed by atoms with van der Waals surface area (Å²) in [6.07, 6.45) is -4.41. The van der Waals surface area contributed by atoms with Crippen molar-refractivity contribution in [1.29, 1.82) is 0 Å². The number of ether oxygens (including phenoxy) is 1. The lowest BCUT2D eigenvalue weighted by atomic mass is 10.1. The first-order valence-electron chi connectivity index (χ1n) is 7.99. The Bertz CT molecular complexity index is 736. The molecule has 1 aromatic carbocycles. The van der Waals surface area contributed by atoms with Crippen molar-refractivity contribution in [3.63, 3.8) is 0 Å². The summed E-state index contributed by atoms with van der Waals surface area (Å²) in [6.45, 7) is 1.59. The fraction of sp³-hybridized carbons (Fsp3) is 0.562. The third kappa shape index (κ3) is 4.10. The number of aromatic nitrogens is 2. The summed E-state index contributed by atoms with van der Waals surface area (Å²) < 4.78 is 60.0. The molecule has 1 atom stereocenters. The van der Waals surface area contributed by atoms with Crippen molar-refractivity contribution in [3.05, 3.63) is 29.6 Å². The molecule has 1 aliphatic rings. The zero-order chi connectivity index (χ0) is 18.1. The Labute approximate surface area is 142 Å². The molecule has 5 nitrogen and oxygen atoms in total. The molecule has 0 aliphatic carbocycles. The van der Waals surface area contributed by atoms with E-state index in [1.54, 1.807) is 11.6 Å². The van der Waals surface area contributed by atoms with Gasteiger partial charge in [0.2, 0.25) is 0 Å². The Morgan fingerprint density at radius 3 is 2.96 bits per heavy atom. The van der Waals surface area contributed by atoms with Gasteiger partial charge in [-0.15, -0.1) is 0 Å². The SMILES string of the molecule is Cn1c(CNCC2(F)CNCCOC2)nc2cc(C(F)(F)F)ccc21. The van der Waals surface area contributed by atoms with Crippen molar-refractivity contribution in [2.45, 2.75) is 18.4 Å². The maximum Gasteiger partial charge on any atom is 0.416 e. The number of hydrogen-bond acceptors (Lipinski definition) is 4. The fourth-order valence-corrected chi connectivity index (χ4v) is 2.86. The molecule has 0 spiro atoms. The molecule has 3 rings (SSSR count). The van der Waals surface area contributed by atoms with Crippen molar-refractivity contribution in [3.8, 4) is 0 Å². The number of fused-ring (bicyclic) bond motifs is 1. The molecule has 1 unspecified atom stereocenters. The van der Waals surface area contributed by atoms with E-state index in [-0.39, 0.29) is 31.8 Å². The van der Waals surface area contributed by atoms with Crippen molar-refractivity contribution in [2.75, 3.05) is 32.8 Å². The molecule has 2 N–H and O–H groups in total. The van der Waals surface area contributed by atoms with Gasteiger partial charge in [-0.1, -0.05) is 0 Å². The standard InChI is InChI=1S/C16H20F4N4O/c1-24-13-3-2-11(16(18,19)20)6-12(13)23-14(24)7-22-9-15(17)8-21-4-5-25-10-15/h2-3,6,21-22H,4-5,7-10H2,1H3. The summed E-state index contributed by atoms with van der Waals surface area (Å²) in [6, 6.07) is 3.46. The number of alkyl halides is 4. The lowest BCUT2D eigenvalue weighted by Crippen LogP contribution is -2.46. The van der Waals surface area contributed by atoms with Crippen LogP contribution < -0.4 is 10.6 Å². The van der Waals surface area contributed by atoms with Crippen LogP contribution in [0.2, 0.25) is 0 Å². The molecule has 1 saturated heterocycles. The normalized spacial score (nSPS) is 22.3. The minimum absolute atomic E-state index is 0.00445. The molecule has 1 aliphatic heterocycles. The van der Waals surface area contributed by atoms with Crippen LogP contribution in [0.5, 0.6) is 0 Å². The lowest BCUT2D eigenvalue weighted by Gasteiger charge is -2.23. The van der Waals surface area contributed by atoms with Gasteiger partial charge in [-0.3, -0.25) is 0 Å². The van der Waals surface area contributed by atoms with Gasteiger partial charge in [0, 0.05) is 26.7 Å². The van der Waals surface area contributed by atoms with Crippen LogP contribution in [0.1, 0.15) is 11.4 Å². The van der Waals surface area contributed by atoms with E-state index in [2.05, 4.69) is 15.6 Å². The Kier molecular flexibility index (Phi) is 4.99. The van der Waals surface area contributed by atoms with Gasteiger partial charge in [-0.2, -0.15) is 13.2 Å². The van der Waals surface area contributed by atoms with E-state index >= 15 is 0 Å². The number of halogens is 4. The monoisotopic (exact) mass is 360 g/mol. The number of benzene rings is 1. The average Bonchev–Trinajstić information content (AvgIpc) is 2.71. The molecule has 0 saturated carbocycles. The van der Waals surface area contributed by atoms with E-state index in [9.17, 15) is 17.6 Å². The van der Waals surface area contributed by atoms with Crippen LogP contribution in [0.15, 0.2) is 18.2 Å². The van der Waals surface area contributed by atoms with E-state index in [1.165, 1.54) is 6.07 Å². The van der Waals surface area contributed by atoms with E-state index in [1.807, 2.05) is 0 Å². The summed E-state index contributed by atoms with van der Waals surface area (Å²) >= 11 is 0. The maximum atomic E-state index is 14.6. The third-order valence-electron chi connectivity index (χ3n) is 4.25. The van der Waals surface area contributed by atoms with E-state index in [4.69, 9.17) is 4.74 Å².